The molecule has 7 heteroatoms. The van der Waals surface area contributed by atoms with Gasteiger partial charge in [0.2, 0.25) is 11.8 Å². The van der Waals surface area contributed by atoms with Crippen LogP contribution >= 0.6 is 17.3 Å². The van der Waals surface area contributed by atoms with Crippen molar-refractivity contribution in [2.24, 2.45) is 0 Å². The normalized spacial score (nSPS) is 30.8. The van der Waals surface area contributed by atoms with Gasteiger partial charge in [0, 0.05) is 13.1 Å². The molecule has 5 nitrogen and oxygen atoms in total. The minimum atomic E-state index is -0.149. The van der Waals surface area contributed by atoms with Crippen molar-refractivity contribution in [3.8, 4) is 0 Å². The van der Waals surface area contributed by atoms with E-state index in [9.17, 15) is 9.59 Å². The van der Waals surface area contributed by atoms with E-state index in [4.69, 9.17) is 0 Å². The van der Waals surface area contributed by atoms with Gasteiger partial charge in [0.15, 0.2) is 0 Å². The van der Waals surface area contributed by atoms with Crippen molar-refractivity contribution in [2.75, 3.05) is 19.6 Å². The molecule has 2 fully saturated rings. The van der Waals surface area contributed by atoms with Crippen LogP contribution in [0.2, 0.25) is 0 Å². The first kappa shape index (κ1) is 13.2. The number of nitrogens with one attached hydrogen (secondary N) is 1. The van der Waals surface area contributed by atoms with E-state index in [-0.39, 0.29) is 30.4 Å². The summed E-state index contributed by atoms with van der Waals surface area (Å²) in [5.74, 6) is 0.0934. The number of hydrogen-bond donors (Lipinski definition) is 1. The van der Waals surface area contributed by atoms with Crippen LogP contribution in [0.15, 0.2) is 0 Å². The Morgan fingerprint density at radius 3 is 2.94 bits per heavy atom. The molecule has 0 saturated carbocycles. The zero-order valence-corrected chi connectivity index (χ0v) is 12.1. The fourth-order valence-electron chi connectivity index (χ4n) is 2.54. The lowest BCUT2D eigenvalue weighted by Gasteiger charge is -2.27. The molecule has 0 aromatic carbocycles. The predicted octanol–water partition coefficient (Wildman–Crippen LogP) is 0.181. The Morgan fingerprint density at radius 1 is 1.53 bits per heavy atom. The second-order valence-electron chi connectivity index (χ2n) is 4.49. The highest BCUT2D eigenvalue weighted by atomic mass is 32.0. The second kappa shape index (κ2) is 5.60. The molecule has 96 valence electrons. The maximum absolute atomic E-state index is 12.4. The molecule has 2 rings (SSSR count). The number of fused-ring (bicyclic) bond motifs is 1. The smallest absolute Gasteiger partial charge is 0.242 e. The molecule has 17 heavy (non-hydrogen) atoms. The second-order valence-corrected chi connectivity index (χ2v) is 6.10. The van der Waals surface area contributed by atoms with Gasteiger partial charge in [0.05, 0.1) is 12.6 Å². The lowest BCUT2D eigenvalue weighted by molar-refractivity contribution is -0.136. The third kappa shape index (κ3) is 2.62. The van der Waals surface area contributed by atoms with Crippen LogP contribution in [-0.4, -0.2) is 53.1 Å². The summed E-state index contributed by atoms with van der Waals surface area (Å²) >= 11 is 0. The van der Waals surface area contributed by atoms with Gasteiger partial charge >= 0.3 is 0 Å². The van der Waals surface area contributed by atoms with E-state index in [0.29, 0.717) is 15.0 Å². The van der Waals surface area contributed by atoms with Crippen molar-refractivity contribution in [2.45, 2.75) is 31.8 Å². The van der Waals surface area contributed by atoms with Gasteiger partial charge in [0.25, 0.3) is 0 Å². The minimum Gasteiger partial charge on any atom is -0.350 e. The molecule has 0 aliphatic carbocycles. The quantitative estimate of drug-likeness (QED) is 0.748. The molecule has 0 spiro atoms. The summed E-state index contributed by atoms with van der Waals surface area (Å²) in [6.45, 7) is 3.80. The van der Waals surface area contributed by atoms with Gasteiger partial charge in [-0.2, -0.15) is 0 Å². The van der Waals surface area contributed by atoms with Crippen molar-refractivity contribution >= 4 is 29.2 Å². The van der Waals surface area contributed by atoms with Crippen molar-refractivity contribution in [3.63, 3.8) is 0 Å². The zero-order valence-electron chi connectivity index (χ0n) is 9.98. The van der Waals surface area contributed by atoms with Crippen LogP contribution in [0.4, 0.5) is 0 Å². The topological polar surface area (TPSA) is 52.7 Å². The molecule has 1 N–H and O–H groups in total. The third-order valence-electron chi connectivity index (χ3n) is 3.30. The zero-order chi connectivity index (χ0) is 12.4. The maximum Gasteiger partial charge on any atom is 0.242 e. The molecule has 0 bridgehead atoms. The molecule has 2 amide bonds. The van der Waals surface area contributed by atoms with Gasteiger partial charge in [-0.05, 0) is 21.3 Å². The first-order chi connectivity index (χ1) is 8.17. The van der Waals surface area contributed by atoms with Gasteiger partial charge in [-0.15, -0.1) is 0 Å². The monoisotopic (exact) mass is 275 g/mol. The van der Waals surface area contributed by atoms with Crippen molar-refractivity contribution in [3.05, 3.63) is 0 Å². The van der Waals surface area contributed by atoms with Crippen LogP contribution in [0.3, 0.4) is 0 Å². The molecular weight excluding hydrogens is 256 g/mol. The summed E-state index contributed by atoms with van der Waals surface area (Å²) in [4.78, 5) is 25.8. The standard InChI is InChI=1S/C10H19N3O2P2/c1-2-4-12-6-8(14)11-7-3-5-13(17-16)9(7)10(12)15/h7,9,17H,2-6,16H2,1H3,(H,11,14). The average Bonchev–Trinajstić information content (AvgIpc) is 2.65. The number of hydrogen-bond acceptors (Lipinski definition) is 3. The van der Waals surface area contributed by atoms with Gasteiger partial charge < -0.3 is 10.2 Å². The van der Waals surface area contributed by atoms with Gasteiger partial charge in [0.1, 0.15) is 6.04 Å². The van der Waals surface area contributed by atoms with Crippen LogP contribution in [0.5, 0.6) is 0 Å². The number of carbonyl (C=O) groups excluding carboxylic acids is 2. The minimum absolute atomic E-state index is 0.00454. The first-order valence-corrected chi connectivity index (χ1v) is 8.74. The van der Waals surface area contributed by atoms with Crippen molar-refractivity contribution in [1.29, 1.82) is 0 Å². The maximum atomic E-state index is 12.4. The van der Waals surface area contributed by atoms with Gasteiger partial charge in [-0.25, -0.2) is 0 Å². The average molecular weight is 275 g/mol. The number of nitrogens with zero attached hydrogens (tertiary/aromatic N) is 2. The third-order valence-corrected chi connectivity index (χ3v) is 5.13. The Hall–Kier alpha value is -0.240. The molecule has 2 aliphatic heterocycles. The largest absolute Gasteiger partial charge is 0.350 e. The highest BCUT2D eigenvalue weighted by molar-refractivity contribution is 8.01. The number of amides is 2. The Labute approximate surface area is 106 Å². The summed E-state index contributed by atoms with van der Waals surface area (Å²) < 4.78 is 2.16. The van der Waals surface area contributed by atoms with Crippen LogP contribution in [0, 0.1) is 0 Å². The van der Waals surface area contributed by atoms with Crippen LogP contribution < -0.4 is 5.32 Å². The summed E-state index contributed by atoms with van der Waals surface area (Å²) in [5.41, 5.74) is 0. The Morgan fingerprint density at radius 2 is 2.29 bits per heavy atom. The lowest BCUT2D eigenvalue weighted by Crippen LogP contribution is -2.47. The molecule has 0 aromatic rings. The van der Waals surface area contributed by atoms with E-state index >= 15 is 0 Å². The van der Waals surface area contributed by atoms with E-state index in [1.165, 1.54) is 0 Å². The lowest BCUT2D eigenvalue weighted by atomic mass is 10.1. The molecule has 0 aromatic heterocycles. The summed E-state index contributed by atoms with van der Waals surface area (Å²) in [7, 11) is 3.23. The number of carbonyl (C=O) groups is 2. The Kier molecular flexibility index (Phi) is 4.35. The summed E-state index contributed by atoms with van der Waals surface area (Å²) in [5, 5.41) is 2.98. The highest BCUT2D eigenvalue weighted by Gasteiger charge is 2.43. The van der Waals surface area contributed by atoms with E-state index < -0.39 is 0 Å². The van der Waals surface area contributed by atoms with Gasteiger partial charge in [-0.1, -0.05) is 15.9 Å². The SMILES string of the molecule is CCCN1CC(=O)NC2CCN(PP)C2C1=O. The summed E-state index contributed by atoms with van der Waals surface area (Å²) in [6, 6.07) is -0.145. The fourth-order valence-corrected chi connectivity index (χ4v) is 4.12. The van der Waals surface area contributed by atoms with Crippen LogP contribution in [-0.2, 0) is 9.59 Å². The van der Waals surface area contributed by atoms with Crippen LogP contribution in [0.25, 0.3) is 0 Å². The van der Waals surface area contributed by atoms with E-state index in [0.717, 1.165) is 19.4 Å². The molecule has 0 radical (unpaired) electrons. The molecule has 2 saturated heterocycles. The number of rotatable bonds is 3. The molecule has 2 heterocycles. The van der Waals surface area contributed by atoms with Crippen molar-refractivity contribution < 1.29 is 9.59 Å². The van der Waals surface area contributed by atoms with Gasteiger partial charge in [-0.3, -0.25) is 14.3 Å². The highest BCUT2D eigenvalue weighted by Crippen LogP contribution is 2.36. The van der Waals surface area contributed by atoms with Crippen molar-refractivity contribution in [1.82, 2.24) is 14.9 Å². The predicted molar refractivity (Wildman–Crippen MR) is 71.9 cm³/mol. The van der Waals surface area contributed by atoms with E-state index in [1.807, 2.05) is 6.92 Å². The van der Waals surface area contributed by atoms with E-state index in [2.05, 4.69) is 18.9 Å². The summed E-state index contributed by atoms with van der Waals surface area (Å²) in [6.07, 6.45) is 1.77. The molecule has 4 unspecified atom stereocenters. The fraction of sp³-hybridized carbons (Fsp3) is 0.800. The Balaban J connectivity index is 2.20. The molecular formula is C10H19N3O2P2. The molecule has 2 aliphatic rings. The molecule has 4 atom stereocenters. The Bertz CT molecular complexity index is 327. The first-order valence-electron chi connectivity index (χ1n) is 5.98. The van der Waals surface area contributed by atoms with E-state index in [1.54, 1.807) is 4.90 Å². The van der Waals surface area contributed by atoms with Crippen LogP contribution in [0.1, 0.15) is 19.8 Å².